The number of nitrogens with one attached hydrogen (secondary N) is 1. The zero-order valence-corrected chi connectivity index (χ0v) is 12.5. The van der Waals surface area contributed by atoms with Crippen LogP contribution in [-0.4, -0.2) is 54.5 Å². The van der Waals surface area contributed by atoms with E-state index in [0.717, 1.165) is 50.7 Å². The lowest BCUT2D eigenvalue weighted by Gasteiger charge is -2.26. The number of morpholine rings is 1. The van der Waals surface area contributed by atoms with Gasteiger partial charge in [-0.25, -0.2) is 0 Å². The van der Waals surface area contributed by atoms with Crippen molar-refractivity contribution in [2.75, 3.05) is 50.4 Å². The van der Waals surface area contributed by atoms with Gasteiger partial charge in [-0.05, 0) is 6.07 Å². The molecule has 1 saturated heterocycles. The molecule has 1 aliphatic heterocycles. The number of ether oxygens (including phenoxy) is 1. The van der Waals surface area contributed by atoms with Crippen LogP contribution in [-0.2, 0) is 4.74 Å². The Labute approximate surface area is 130 Å². The number of anilines is 2. The summed E-state index contributed by atoms with van der Waals surface area (Å²) in [6.45, 7) is 5.33. The van der Waals surface area contributed by atoms with Crippen molar-refractivity contribution in [3.63, 3.8) is 0 Å². The first-order valence-electron chi connectivity index (χ1n) is 7.55. The Kier molecular flexibility index (Phi) is 4.82. The topological polar surface area (TPSA) is 76.3 Å². The van der Waals surface area contributed by atoms with Gasteiger partial charge in [0.05, 0.1) is 24.6 Å². The molecule has 0 bridgehead atoms. The second kappa shape index (κ2) is 7.20. The SMILES string of the molecule is Nc1cc(-c2ccccc2)nnc1NCCN1CCOCC1. The van der Waals surface area contributed by atoms with Gasteiger partial charge in [-0.3, -0.25) is 4.90 Å². The average molecular weight is 299 g/mol. The van der Waals surface area contributed by atoms with Crippen LogP contribution in [0.3, 0.4) is 0 Å². The monoisotopic (exact) mass is 299 g/mol. The lowest BCUT2D eigenvalue weighted by Crippen LogP contribution is -2.39. The van der Waals surface area contributed by atoms with E-state index in [2.05, 4.69) is 20.4 Å². The van der Waals surface area contributed by atoms with Gasteiger partial charge in [-0.2, -0.15) is 0 Å². The van der Waals surface area contributed by atoms with E-state index >= 15 is 0 Å². The van der Waals surface area contributed by atoms with Crippen LogP contribution in [0.4, 0.5) is 11.5 Å². The van der Waals surface area contributed by atoms with E-state index in [0.29, 0.717) is 11.5 Å². The van der Waals surface area contributed by atoms with Gasteiger partial charge in [0, 0.05) is 31.7 Å². The van der Waals surface area contributed by atoms with Gasteiger partial charge in [0.25, 0.3) is 0 Å². The van der Waals surface area contributed by atoms with Crippen molar-refractivity contribution in [1.82, 2.24) is 15.1 Å². The Morgan fingerprint density at radius 1 is 1.14 bits per heavy atom. The zero-order chi connectivity index (χ0) is 15.2. The molecule has 1 aliphatic rings. The quantitative estimate of drug-likeness (QED) is 0.870. The summed E-state index contributed by atoms with van der Waals surface area (Å²) in [7, 11) is 0. The van der Waals surface area contributed by atoms with Gasteiger partial charge in [0.15, 0.2) is 5.82 Å². The van der Waals surface area contributed by atoms with E-state index in [1.54, 1.807) is 0 Å². The molecule has 0 unspecified atom stereocenters. The molecule has 1 aromatic carbocycles. The Hall–Kier alpha value is -2.18. The van der Waals surface area contributed by atoms with Gasteiger partial charge < -0.3 is 15.8 Å². The third-order valence-corrected chi connectivity index (χ3v) is 3.72. The summed E-state index contributed by atoms with van der Waals surface area (Å²) >= 11 is 0. The largest absolute Gasteiger partial charge is 0.396 e. The molecule has 116 valence electrons. The van der Waals surface area contributed by atoms with Crippen molar-refractivity contribution < 1.29 is 4.74 Å². The number of nitrogen functional groups attached to an aromatic ring is 1. The van der Waals surface area contributed by atoms with Crippen molar-refractivity contribution in [3.8, 4) is 11.3 Å². The van der Waals surface area contributed by atoms with Gasteiger partial charge in [-0.1, -0.05) is 30.3 Å². The highest BCUT2D eigenvalue weighted by Gasteiger charge is 2.10. The molecular weight excluding hydrogens is 278 g/mol. The summed E-state index contributed by atoms with van der Waals surface area (Å²) in [5.74, 6) is 0.646. The van der Waals surface area contributed by atoms with Crippen LogP contribution in [0, 0.1) is 0 Å². The van der Waals surface area contributed by atoms with Crippen LogP contribution in [0.25, 0.3) is 11.3 Å². The molecule has 6 heteroatoms. The lowest BCUT2D eigenvalue weighted by atomic mass is 10.1. The molecule has 2 heterocycles. The van der Waals surface area contributed by atoms with Crippen molar-refractivity contribution >= 4 is 11.5 Å². The molecule has 0 aliphatic carbocycles. The second-order valence-electron chi connectivity index (χ2n) is 5.28. The summed E-state index contributed by atoms with van der Waals surface area (Å²) in [5, 5.41) is 11.7. The Morgan fingerprint density at radius 2 is 1.91 bits per heavy atom. The van der Waals surface area contributed by atoms with Crippen LogP contribution >= 0.6 is 0 Å². The van der Waals surface area contributed by atoms with Crippen molar-refractivity contribution in [2.45, 2.75) is 0 Å². The smallest absolute Gasteiger partial charge is 0.171 e. The molecule has 3 rings (SSSR count). The Balaban J connectivity index is 1.58. The maximum atomic E-state index is 6.08. The van der Waals surface area contributed by atoms with E-state index in [1.807, 2.05) is 36.4 Å². The minimum atomic E-state index is 0.621. The van der Waals surface area contributed by atoms with E-state index < -0.39 is 0 Å². The van der Waals surface area contributed by atoms with Gasteiger partial charge in [0.1, 0.15) is 0 Å². The molecule has 1 aromatic heterocycles. The Bertz CT molecular complexity index is 599. The lowest BCUT2D eigenvalue weighted by molar-refractivity contribution is 0.0398. The Morgan fingerprint density at radius 3 is 2.64 bits per heavy atom. The fraction of sp³-hybridized carbons (Fsp3) is 0.375. The number of hydrogen-bond donors (Lipinski definition) is 2. The first-order chi connectivity index (χ1) is 10.8. The van der Waals surface area contributed by atoms with Gasteiger partial charge in [0.2, 0.25) is 0 Å². The summed E-state index contributed by atoms with van der Waals surface area (Å²) < 4.78 is 5.33. The summed E-state index contributed by atoms with van der Waals surface area (Å²) in [5.41, 5.74) is 8.50. The molecule has 0 amide bonds. The molecule has 3 N–H and O–H groups in total. The maximum Gasteiger partial charge on any atom is 0.171 e. The number of rotatable bonds is 5. The minimum Gasteiger partial charge on any atom is -0.396 e. The number of nitrogens with zero attached hydrogens (tertiary/aromatic N) is 3. The van der Waals surface area contributed by atoms with E-state index in [4.69, 9.17) is 10.5 Å². The van der Waals surface area contributed by atoms with Crippen LogP contribution < -0.4 is 11.1 Å². The first kappa shape index (κ1) is 14.7. The third kappa shape index (κ3) is 3.72. The molecule has 0 atom stereocenters. The highest BCUT2D eigenvalue weighted by Crippen LogP contribution is 2.21. The minimum absolute atomic E-state index is 0.621. The number of nitrogens with two attached hydrogens (primary N) is 1. The fourth-order valence-corrected chi connectivity index (χ4v) is 2.45. The molecule has 1 fully saturated rings. The third-order valence-electron chi connectivity index (χ3n) is 3.72. The maximum absolute atomic E-state index is 6.08. The fourth-order valence-electron chi connectivity index (χ4n) is 2.45. The van der Waals surface area contributed by atoms with Crippen LogP contribution in [0.2, 0.25) is 0 Å². The van der Waals surface area contributed by atoms with Gasteiger partial charge >= 0.3 is 0 Å². The number of benzene rings is 1. The number of aromatic nitrogens is 2. The van der Waals surface area contributed by atoms with Crippen LogP contribution in [0.5, 0.6) is 0 Å². The molecule has 2 aromatic rings. The molecule has 22 heavy (non-hydrogen) atoms. The predicted octanol–water partition coefficient (Wildman–Crippen LogP) is 1.47. The van der Waals surface area contributed by atoms with Crippen molar-refractivity contribution in [2.24, 2.45) is 0 Å². The number of hydrogen-bond acceptors (Lipinski definition) is 6. The van der Waals surface area contributed by atoms with E-state index in [1.165, 1.54) is 0 Å². The molecule has 0 saturated carbocycles. The molecular formula is C16H21N5O. The van der Waals surface area contributed by atoms with E-state index in [-0.39, 0.29) is 0 Å². The second-order valence-corrected chi connectivity index (χ2v) is 5.28. The average Bonchev–Trinajstić information content (AvgIpc) is 2.58. The van der Waals surface area contributed by atoms with Crippen LogP contribution in [0.15, 0.2) is 36.4 Å². The van der Waals surface area contributed by atoms with Crippen molar-refractivity contribution in [3.05, 3.63) is 36.4 Å². The standard InChI is InChI=1S/C16H21N5O/c17-14-12-15(13-4-2-1-3-5-13)19-20-16(14)18-6-7-21-8-10-22-11-9-21/h1-5,12H,6-11H2,(H2,17,19)(H,18,20). The predicted molar refractivity (Wildman–Crippen MR) is 87.6 cm³/mol. The summed E-state index contributed by atoms with van der Waals surface area (Å²) in [6, 6.07) is 11.8. The van der Waals surface area contributed by atoms with Crippen molar-refractivity contribution in [1.29, 1.82) is 0 Å². The first-order valence-corrected chi connectivity index (χ1v) is 7.55. The van der Waals surface area contributed by atoms with E-state index in [9.17, 15) is 0 Å². The molecule has 0 spiro atoms. The highest BCUT2D eigenvalue weighted by atomic mass is 16.5. The highest BCUT2D eigenvalue weighted by molar-refractivity contribution is 5.69. The van der Waals surface area contributed by atoms with Crippen LogP contribution in [0.1, 0.15) is 0 Å². The molecule has 0 radical (unpaired) electrons. The van der Waals surface area contributed by atoms with Gasteiger partial charge in [-0.15, -0.1) is 10.2 Å². The summed E-state index contributed by atoms with van der Waals surface area (Å²) in [4.78, 5) is 2.36. The molecule has 6 nitrogen and oxygen atoms in total. The normalized spacial score (nSPS) is 15.6. The summed E-state index contributed by atoms with van der Waals surface area (Å²) in [6.07, 6.45) is 0. The zero-order valence-electron chi connectivity index (χ0n) is 12.5.